The van der Waals surface area contributed by atoms with Gasteiger partial charge in [0.15, 0.2) is 0 Å². The summed E-state index contributed by atoms with van der Waals surface area (Å²) in [4.78, 5) is 17.2. The van der Waals surface area contributed by atoms with Crippen molar-refractivity contribution in [2.24, 2.45) is 0 Å². The summed E-state index contributed by atoms with van der Waals surface area (Å²) in [5.41, 5.74) is 0. The van der Waals surface area contributed by atoms with E-state index in [2.05, 4.69) is 4.74 Å². The van der Waals surface area contributed by atoms with E-state index in [-0.39, 0.29) is 0 Å². The second kappa shape index (κ2) is 2.54. The van der Waals surface area contributed by atoms with Gasteiger partial charge in [0.2, 0.25) is 0 Å². The first kappa shape index (κ1) is 8.73. The van der Waals surface area contributed by atoms with Gasteiger partial charge in [-0.05, 0) is 0 Å². The van der Waals surface area contributed by atoms with Crippen molar-refractivity contribution >= 4 is 5.97 Å². The zero-order valence-corrected chi connectivity index (χ0v) is 4.84. The fourth-order valence-electron chi connectivity index (χ4n) is 0.197. The predicted octanol–water partition coefficient (Wildman–Crippen LogP) is 0.0289. The van der Waals surface area contributed by atoms with E-state index >= 15 is 0 Å². The van der Waals surface area contributed by atoms with Crippen LogP contribution in [0.3, 0.4) is 0 Å². The molecule has 10 heavy (non-hydrogen) atoms. The lowest BCUT2D eigenvalue weighted by Crippen LogP contribution is -2.38. The molecular weight excluding hydrogens is 152 g/mol. The number of hydrogen-bond acceptors (Lipinski definition) is 4. The van der Waals surface area contributed by atoms with Gasteiger partial charge in [0.1, 0.15) is 4.92 Å². The van der Waals surface area contributed by atoms with Crippen LogP contribution in [0, 0.1) is 10.1 Å². The molecule has 0 fully saturated rings. The lowest BCUT2D eigenvalue weighted by atomic mass is 10.6. The molecule has 5 nitrogen and oxygen atoms in total. The van der Waals surface area contributed by atoms with Gasteiger partial charge in [-0.15, -0.1) is 8.78 Å². The quantitative estimate of drug-likeness (QED) is 0.244. The minimum Gasteiger partial charge on any atom is -0.459 e. The van der Waals surface area contributed by atoms with Crippen LogP contribution < -0.4 is 0 Å². The average Bonchev–Trinajstić information content (AvgIpc) is 1.86. The molecule has 0 amide bonds. The number of nitro groups is 1. The Balaban J connectivity index is 4.40. The summed E-state index contributed by atoms with van der Waals surface area (Å²) in [6, 6.07) is -4.63. The van der Waals surface area contributed by atoms with E-state index in [1.165, 1.54) is 0 Å². The number of hydrogen-bond donors (Lipinski definition) is 0. The summed E-state index contributed by atoms with van der Waals surface area (Å²) in [6.45, 7) is 0. The van der Waals surface area contributed by atoms with Crippen LogP contribution in [0.2, 0.25) is 0 Å². The molecule has 0 aliphatic rings. The maximum atomic E-state index is 11.8. The highest BCUT2D eigenvalue weighted by Crippen LogP contribution is 2.14. The van der Waals surface area contributed by atoms with Gasteiger partial charge < -0.3 is 4.74 Å². The number of nitrogens with zero attached hydrogens (tertiary/aromatic N) is 1. The van der Waals surface area contributed by atoms with Crippen molar-refractivity contribution in [3.05, 3.63) is 10.1 Å². The Hall–Kier alpha value is -1.27. The zero-order valence-electron chi connectivity index (χ0n) is 4.84. The van der Waals surface area contributed by atoms with Crippen molar-refractivity contribution in [3.63, 3.8) is 0 Å². The Morgan fingerprint density at radius 1 is 1.70 bits per heavy atom. The lowest BCUT2D eigenvalue weighted by Gasteiger charge is -2.02. The normalized spacial score (nSPS) is 10.7. The van der Waals surface area contributed by atoms with E-state index in [1.807, 2.05) is 0 Å². The number of carbonyl (C=O) groups is 1. The van der Waals surface area contributed by atoms with Crippen molar-refractivity contribution in [1.82, 2.24) is 0 Å². The van der Waals surface area contributed by atoms with Gasteiger partial charge >= 0.3 is 12.0 Å². The number of methoxy groups -OCH3 is 1. The summed E-state index contributed by atoms with van der Waals surface area (Å²) in [5, 5.41) is 9.38. The standard InChI is InChI=1S/C3H3F2NO4/c1-10-2(7)3(4,5)6(8)9/h1H3. The largest absolute Gasteiger partial charge is 0.613 e. The van der Waals surface area contributed by atoms with Crippen LogP contribution in [0.25, 0.3) is 0 Å². The molecule has 0 atom stereocenters. The van der Waals surface area contributed by atoms with E-state index in [0.717, 1.165) is 0 Å². The third-order valence-corrected chi connectivity index (χ3v) is 0.660. The van der Waals surface area contributed by atoms with Gasteiger partial charge in [-0.2, -0.15) is 0 Å². The van der Waals surface area contributed by atoms with Crippen LogP contribution in [0.5, 0.6) is 0 Å². The third kappa shape index (κ3) is 1.36. The lowest BCUT2D eigenvalue weighted by molar-refractivity contribution is -0.625. The molecule has 0 saturated carbocycles. The fourth-order valence-corrected chi connectivity index (χ4v) is 0.197. The molecule has 0 heterocycles. The number of alkyl halides is 2. The van der Waals surface area contributed by atoms with Crippen LogP contribution in [-0.2, 0) is 9.53 Å². The highest BCUT2D eigenvalue weighted by Gasteiger charge is 2.55. The van der Waals surface area contributed by atoms with Crippen molar-refractivity contribution in [2.45, 2.75) is 6.05 Å². The van der Waals surface area contributed by atoms with Crippen LogP contribution in [-0.4, -0.2) is 24.0 Å². The highest BCUT2D eigenvalue weighted by molar-refractivity contribution is 5.75. The average molecular weight is 155 g/mol. The fraction of sp³-hybridized carbons (Fsp3) is 0.667. The van der Waals surface area contributed by atoms with Crippen LogP contribution in [0.15, 0.2) is 0 Å². The topological polar surface area (TPSA) is 69.4 Å². The molecule has 0 unspecified atom stereocenters. The van der Waals surface area contributed by atoms with E-state index in [0.29, 0.717) is 7.11 Å². The number of rotatable bonds is 2. The molecule has 0 aromatic heterocycles. The van der Waals surface area contributed by atoms with Gasteiger partial charge in [-0.1, -0.05) is 0 Å². The molecule has 0 aromatic rings. The first-order valence-corrected chi connectivity index (χ1v) is 2.03. The SMILES string of the molecule is COC(=O)C(F)(F)[N+](=O)[O-]. The van der Waals surface area contributed by atoms with E-state index in [1.54, 1.807) is 0 Å². The molecule has 0 spiro atoms. The second-order valence-electron chi connectivity index (χ2n) is 1.29. The van der Waals surface area contributed by atoms with Gasteiger partial charge in [0.05, 0.1) is 7.11 Å². The first-order valence-electron chi connectivity index (χ1n) is 2.03. The maximum absolute atomic E-state index is 11.8. The summed E-state index contributed by atoms with van der Waals surface area (Å²) in [6.07, 6.45) is 0. The molecule has 0 aliphatic carbocycles. The Kier molecular flexibility index (Phi) is 2.22. The monoisotopic (exact) mass is 155 g/mol. The number of ether oxygens (including phenoxy) is 1. The summed E-state index contributed by atoms with van der Waals surface area (Å²) < 4.78 is 27.0. The molecule has 0 rings (SSSR count). The Labute approximate surface area is 53.7 Å². The summed E-state index contributed by atoms with van der Waals surface area (Å²) in [7, 11) is 0.639. The van der Waals surface area contributed by atoms with Gasteiger partial charge in [-0.25, -0.2) is 4.79 Å². The highest BCUT2D eigenvalue weighted by atomic mass is 19.3. The third-order valence-electron chi connectivity index (χ3n) is 0.660. The van der Waals surface area contributed by atoms with Gasteiger partial charge in [0, 0.05) is 0 Å². The molecule has 0 aliphatic heterocycles. The van der Waals surface area contributed by atoms with Crippen molar-refractivity contribution in [3.8, 4) is 0 Å². The minimum atomic E-state index is -4.63. The van der Waals surface area contributed by atoms with E-state index in [4.69, 9.17) is 0 Å². The maximum Gasteiger partial charge on any atom is 0.613 e. The molecule has 0 N–H and O–H groups in total. The molecule has 58 valence electrons. The Morgan fingerprint density at radius 2 is 2.10 bits per heavy atom. The first-order chi connectivity index (χ1) is 4.42. The minimum absolute atomic E-state index is 0.639. The summed E-state index contributed by atoms with van der Waals surface area (Å²) in [5.74, 6) is -2.17. The van der Waals surface area contributed by atoms with Gasteiger partial charge in [0.25, 0.3) is 0 Å². The zero-order chi connectivity index (χ0) is 8.36. The molecule has 0 aromatic carbocycles. The Bertz CT molecular complexity index is 168. The molecule has 7 heteroatoms. The molecular formula is C3H3F2NO4. The predicted molar refractivity (Wildman–Crippen MR) is 24.0 cm³/mol. The van der Waals surface area contributed by atoms with Crippen LogP contribution in [0.1, 0.15) is 0 Å². The molecule has 0 saturated heterocycles. The van der Waals surface area contributed by atoms with E-state index < -0.39 is 16.9 Å². The van der Waals surface area contributed by atoms with Crippen molar-refractivity contribution in [1.29, 1.82) is 0 Å². The van der Waals surface area contributed by atoms with Crippen molar-refractivity contribution < 1.29 is 23.2 Å². The summed E-state index contributed by atoms with van der Waals surface area (Å²) >= 11 is 0. The van der Waals surface area contributed by atoms with Crippen molar-refractivity contribution in [2.75, 3.05) is 7.11 Å². The molecule has 0 bridgehead atoms. The second-order valence-corrected chi connectivity index (χ2v) is 1.29. The number of halogens is 2. The van der Waals surface area contributed by atoms with Gasteiger partial charge in [-0.3, -0.25) is 10.1 Å². The number of carbonyl (C=O) groups excluding carboxylic acids is 1. The van der Waals surface area contributed by atoms with E-state index in [9.17, 15) is 23.7 Å². The van der Waals surface area contributed by atoms with Crippen LogP contribution >= 0.6 is 0 Å². The Morgan fingerprint density at radius 3 is 2.20 bits per heavy atom. The smallest absolute Gasteiger partial charge is 0.459 e. The molecule has 0 radical (unpaired) electrons. The van der Waals surface area contributed by atoms with Crippen LogP contribution in [0.4, 0.5) is 8.78 Å². The number of esters is 1.